The van der Waals surface area contributed by atoms with Gasteiger partial charge in [0, 0.05) is 55.9 Å². The van der Waals surface area contributed by atoms with Gasteiger partial charge in [0.15, 0.2) is 0 Å². The van der Waals surface area contributed by atoms with E-state index in [2.05, 4.69) is 42.2 Å². The quantitative estimate of drug-likeness (QED) is 0.794. The zero-order valence-electron chi connectivity index (χ0n) is 14.9. The molecular formula is C18H28N4OS. The third-order valence-corrected chi connectivity index (χ3v) is 5.46. The maximum absolute atomic E-state index is 5.99. The number of aromatic nitrogens is 3. The van der Waals surface area contributed by atoms with Gasteiger partial charge in [0.25, 0.3) is 0 Å². The van der Waals surface area contributed by atoms with Gasteiger partial charge in [-0.1, -0.05) is 13.8 Å². The van der Waals surface area contributed by atoms with Gasteiger partial charge in [-0.3, -0.25) is 4.68 Å². The molecule has 5 nitrogen and oxygen atoms in total. The third kappa shape index (κ3) is 4.23. The minimum Gasteiger partial charge on any atom is -0.372 e. The Morgan fingerprint density at radius 3 is 3.12 bits per heavy atom. The molecule has 0 unspecified atom stereocenters. The molecular weight excluding hydrogens is 320 g/mol. The molecule has 132 valence electrons. The first-order chi connectivity index (χ1) is 11.7. The molecule has 1 N–H and O–H groups in total. The zero-order chi connectivity index (χ0) is 16.9. The standard InChI is InChI=1S/C18H28N4OS/c1-4-22-16(5-7-21-22)18-14(6-8-23-18)10-19-11-15-12-20-17(24-15)9-13(2)3/h5,7,12-14,18-19H,4,6,8-11H2,1-3H3/t14-,18+/m0/s1. The lowest BCUT2D eigenvalue weighted by Gasteiger charge is -2.19. The van der Waals surface area contributed by atoms with Crippen molar-refractivity contribution in [1.29, 1.82) is 0 Å². The van der Waals surface area contributed by atoms with E-state index >= 15 is 0 Å². The number of nitrogens with one attached hydrogen (secondary N) is 1. The lowest BCUT2D eigenvalue weighted by Crippen LogP contribution is -2.25. The lowest BCUT2D eigenvalue weighted by molar-refractivity contribution is 0.0830. The molecule has 0 saturated carbocycles. The zero-order valence-corrected chi connectivity index (χ0v) is 15.7. The van der Waals surface area contributed by atoms with Crippen LogP contribution < -0.4 is 5.32 Å². The van der Waals surface area contributed by atoms with Crippen molar-refractivity contribution in [3.05, 3.63) is 34.0 Å². The summed E-state index contributed by atoms with van der Waals surface area (Å²) in [5, 5.41) is 9.22. The molecule has 0 aromatic carbocycles. The number of aryl methyl sites for hydroxylation is 1. The van der Waals surface area contributed by atoms with E-state index in [0.717, 1.165) is 39.1 Å². The number of nitrogens with zero attached hydrogens (tertiary/aromatic N) is 3. The number of hydrogen-bond acceptors (Lipinski definition) is 5. The maximum Gasteiger partial charge on any atom is 0.103 e. The van der Waals surface area contributed by atoms with E-state index in [4.69, 9.17) is 4.74 Å². The highest BCUT2D eigenvalue weighted by molar-refractivity contribution is 7.11. The molecule has 1 fully saturated rings. The molecule has 0 bridgehead atoms. The van der Waals surface area contributed by atoms with Crippen LogP contribution in [0.1, 0.15) is 48.9 Å². The van der Waals surface area contributed by atoms with Crippen molar-refractivity contribution in [3.8, 4) is 0 Å². The van der Waals surface area contributed by atoms with Crippen molar-refractivity contribution in [1.82, 2.24) is 20.1 Å². The molecule has 2 aromatic rings. The number of hydrogen-bond donors (Lipinski definition) is 1. The fraction of sp³-hybridized carbons (Fsp3) is 0.667. The van der Waals surface area contributed by atoms with Crippen molar-refractivity contribution < 1.29 is 4.74 Å². The van der Waals surface area contributed by atoms with Crippen LogP contribution in [0.25, 0.3) is 0 Å². The van der Waals surface area contributed by atoms with Gasteiger partial charge in [-0.2, -0.15) is 5.10 Å². The van der Waals surface area contributed by atoms with Crippen LogP contribution in [0, 0.1) is 11.8 Å². The van der Waals surface area contributed by atoms with Crippen LogP contribution in [0.15, 0.2) is 18.5 Å². The fourth-order valence-electron chi connectivity index (χ4n) is 3.27. The van der Waals surface area contributed by atoms with Gasteiger partial charge < -0.3 is 10.1 Å². The molecule has 0 aliphatic carbocycles. The van der Waals surface area contributed by atoms with Crippen LogP contribution in [0.4, 0.5) is 0 Å². The lowest BCUT2D eigenvalue weighted by atomic mass is 9.99. The van der Waals surface area contributed by atoms with E-state index in [1.54, 1.807) is 0 Å². The van der Waals surface area contributed by atoms with Crippen molar-refractivity contribution in [2.75, 3.05) is 13.2 Å². The molecule has 0 radical (unpaired) electrons. The summed E-state index contributed by atoms with van der Waals surface area (Å²) in [6, 6.07) is 2.09. The highest BCUT2D eigenvalue weighted by atomic mass is 32.1. The van der Waals surface area contributed by atoms with Crippen LogP contribution in [0.5, 0.6) is 0 Å². The summed E-state index contributed by atoms with van der Waals surface area (Å²) in [6.45, 7) is 10.2. The van der Waals surface area contributed by atoms with Crippen LogP contribution in [0.3, 0.4) is 0 Å². The normalized spacial score (nSPS) is 21.0. The number of ether oxygens (including phenoxy) is 1. The van der Waals surface area contributed by atoms with Gasteiger partial charge in [0.05, 0.1) is 10.7 Å². The molecule has 0 spiro atoms. The summed E-state index contributed by atoms with van der Waals surface area (Å²) in [4.78, 5) is 5.85. The van der Waals surface area contributed by atoms with E-state index < -0.39 is 0 Å². The Bertz CT molecular complexity index is 637. The highest BCUT2D eigenvalue weighted by Gasteiger charge is 2.31. The largest absolute Gasteiger partial charge is 0.372 e. The Hall–Kier alpha value is -1.24. The smallest absolute Gasteiger partial charge is 0.103 e. The molecule has 24 heavy (non-hydrogen) atoms. The Morgan fingerprint density at radius 2 is 2.33 bits per heavy atom. The molecule has 0 amide bonds. The minimum absolute atomic E-state index is 0.165. The maximum atomic E-state index is 5.99. The van der Waals surface area contributed by atoms with Gasteiger partial charge in [0.2, 0.25) is 0 Å². The SMILES string of the molecule is CCn1nccc1[C@@H]1OCC[C@H]1CNCc1cnc(CC(C)C)s1. The topological polar surface area (TPSA) is 52.0 Å². The highest BCUT2D eigenvalue weighted by Crippen LogP contribution is 2.34. The summed E-state index contributed by atoms with van der Waals surface area (Å²) in [6.07, 6.45) is 6.23. The predicted molar refractivity (Wildman–Crippen MR) is 97.1 cm³/mol. The monoisotopic (exact) mass is 348 g/mol. The van der Waals surface area contributed by atoms with Crippen LogP contribution in [0.2, 0.25) is 0 Å². The third-order valence-electron chi connectivity index (χ3n) is 4.44. The molecule has 6 heteroatoms. The van der Waals surface area contributed by atoms with Gasteiger partial charge >= 0.3 is 0 Å². The van der Waals surface area contributed by atoms with E-state index in [1.165, 1.54) is 15.6 Å². The molecule has 1 saturated heterocycles. The first-order valence-electron chi connectivity index (χ1n) is 8.95. The van der Waals surface area contributed by atoms with Crippen molar-refractivity contribution in [3.63, 3.8) is 0 Å². The molecule has 3 heterocycles. The van der Waals surface area contributed by atoms with E-state index in [1.807, 2.05) is 28.4 Å². The van der Waals surface area contributed by atoms with Crippen LogP contribution in [-0.2, 0) is 24.2 Å². The van der Waals surface area contributed by atoms with Crippen LogP contribution >= 0.6 is 11.3 Å². The first kappa shape index (κ1) is 17.6. The summed E-state index contributed by atoms with van der Waals surface area (Å²) >= 11 is 1.83. The summed E-state index contributed by atoms with van der Waals surface area (Å²) in [7, 11) is 0. The van der Waals surface area contributed by atoms with E-state index in [9.17, 15) is 0 Å². The first-order valence-corrected chi connectivity index (χ1v) is 9.76. The number of thiazole rings is 1. The van der Waals surface area contributed by atoms with Gasteiger partial charge in [-0.05, 0) is 25.3 Å². The minimum atomic E-state index is 0.165. The Balaban J connectivity index is 1.51. The van der Waals surface area contributed by atoms with Crippen molar-refractivity contribution >= 4 is 11.3 Å². The second-order valence-electron chi connectivity index (χ2n) is 6.86. The predicted octanol–water partition coefficient (Wildman–Crippen LogP) is 3.43. The average Bonchev–Trinajstić information content (AvgIpc) is 3.26. The Morgan fingerprint density at radius 1 is 1.46 bits per heavy atom. The second kappa shape index (κ2) is 8.23. The summed E-state index contributed by atoms with van der Waals surface area (Å²) in [5.74, 6) is 1.17. The Kier molecular flexibility index (Phi) is 6.03. The molecule has 1 aliphatic rings. The van der Waals surface area contributed by atoms with Crippen molar-refractivity contribution in [2.24, 2.45) is 11.8 Å². The Labute approximate surface area is 148 Å². The number of rotatable bonds is 8. The molecule has 1 aliphatic heterocycles. The van der Waals surface area contributed by atoms with Gasteiger partial charge in [-0.15, -0.1) is 11.3 Å². The molecule has 2 aromatic heterocycles. The average molecular weight is 349 g/mol. The van der Waals surface area contributed by atoms with E-state index in [-0.39, 0.29) is 6.10 Å². The summed E-state index contributed by atoms with van der Waals surface area (Å²) < 4.78 is 8.04. The van der Waals surface area contributed by atoms with Crippen molar-refractivity contribution in [2.45, 2.75) is 52.8 Å². The fourth-order valence-corrected chi connectivity index (χ4v) is 4.38. The molecule has 3 rings (SSSR count). The van der Waals surface area contributed by atoms with E-state index in [0.29, 0.717) is 11.8 Å². The molecule has 2 atom stereocenters. The van der Waals surface area contributed by atoms with Crippen LogP contribution in [-0.4, -0.2) is 27.9 Å². The van der Waals surface area contributed by atoms with Gasteiger partial charge in [-0.25, -0.2) is 4.98 Å². The van der Waals surface area contributed by atoms with Gasteiger partial charge in [0.1, 0.15) is 6.10 Å². The second-order valence-corrected chi connectivity index (χ2v) is 8.06. The summed E-state index contributed by atoms with van der Waals surface area (Å²) in [5.41, 5.74) is 1.21.